The Kier molecular flexibility index (Phi) is 7.39. The van der Waals surface area contributed by atoms with E-state index < -0.39 is 0 Å². The lowest BCUT2D eigenvalue weighted by Gasteiger charge is -2.30. The fraction of sp³-hybridized carbons (Fsp3) is 0.387. The Morgan fingerprint density at radius 1 is 1.03 bits per heavy atom. The van der Waals surface area contributed by atoms with Crippen LogP contribution < -0.4 is 10.1 Å². The predicted molar refractivity (Wildman–Crippen MR) is 150 cm³/mol. The lowest BCUT2D eigenvalue weighted by molar-refractivity contribution is -0.115. The van der Waals surface area contributed by atoms with Gasteiger partial charge in [0.2, 0.25) is 11.7 Å². The molecule has 2 heterocycles. The second-order valence-electron chi connectivity index (χ2n) is 10.9. The summed E-state index contributed by atoms with van der Waals surface area (Å²) < 4.78 is 7.43. The van der Waals surface area contributed by atoms with Crippen molar-refractivity contribution >= 4 is 17.4 Å². The van der Waals surface area contributed by atoms with E-state index in [0.717, 1.165) is 29.7 Å². The summed E-state index contributed by atoms with van der Waals surface area (Å²) in [4.78, 5) is 22.3. The number of rotatable bonds is 9. The lowest BCUT2D eigenvalue weighted by atomic mass is 9.74. The molecule has 0 saturated heterocycles. The van der Waals surface area contributed by atoms with Crippen LogP contribution >= 0.6 is 0 Å². The van der Waals surface area contributed by atoms with Crippen LogP contribution in [-0.4, -0.2) is 27.4 Å². The normalized spacial score (nSPS) is 12.1. The minimum Gasteiger partial charge on any atom is -0.495 e. The van der Waals surface area contributed by atoms with Crippen LogP contribution in [0.4, 0.5) is 5.69 Å². The molecule has 0 aliphatic heterocycles. The summed E-state index contributed by atoms with van der Waals surface area (Å²) >= 11 is 0. The molecule has 1 amide bonds. The van der Waals surface area contributed by atoms with E-state index in [1.807, 2.05) is 41.1 Å². The smallest absolute Gasteiger partial charge is 0.234 e. The largest absolute Gasteiger partial charge is 0.495 e. The molecule has 0 aliphatic carbocycles. The van der Waals surface area contributed by atoms with Crippen molar-refractivity contribution < 1.29 is 9.53 Å². The molecule has 0 radical (unpaired) electrons. The quantitative estimate of drug-likeness (QED) is 0.271. The van der Waals surface area contributed by atoms with Crippen LogP contribution in [0.3, 0.4) is 0 Å². The van der Waals surface area contributed by atoms with Crippen LogP contribution in [-0.2, 0) is 22.0 Å². The molecule has 2 aromatic heterocycles. The number of nitrogens with zero attached hydrogens (tertiary/aromatic N) is 3. The average molecular weight is 499 g/mol. The summed E-state index contributed by atoms with van der Waals surface area (Å²) in [7, 11) is 1.61. The number of nitrogens with one attached hydrogen (secondary N) is 1. The zero-order valence-corrected chi connectivity index (χ0v) is 23.1. The van der Waals surface area contributed by atoms with Crippen molar-refractivity contribution in [2.45, 2.75) is 71.6 Å². The lowest BCUT2D eigenvalue weighted by Crippen LogP contribution is -2.24. The summed E-state index contributed by atoms with van der Waals surface area (Å²) in [5.74, 6) is 1.15. The Morgan fingerprint density at radius 3 is 2.46 bits per heavy atom. The molecule has 2 aromatic carbocycles. The predicted octanol–water partition coefficient (Wildman–Crippen LogP) is 6.96. The second kappa shape index (κ2) is 10.4. The average Bonchev–Trinajstić information content (AvgIpc) is 3.33. The first-order valence-electron chi connectivity index (χ1n) is 13.0. The van der Waals surface area contributed by atoms with Crippen LogP contribution in [0.15, 0.2) is 61.1 Å². The molecule has 1 N–H and O–H groups in total. The molecule has 0 unspecified atom stereocenters. The maximum Gasteiger partial charge on any atom is 0.234 e. The number of aromatic nitrogens is 3. The molecule has 6 heteroatoms. The Hall–Kier alpha value is -3.67. The molecule has 0 saturated carbocycles. The van der Waals surface area contributed by atoms with E-state index >= 15 is 0 Å². The highest BCUT2D eigenvalue weighted by molar-refractivity contribution is 5.94. The van der Waals surface area contributed by atoms with Gasteiger partial charge >= 0.3 is 0 Å². The number of anilines is 1. The molecule has 194 valence electrons. The van der Waals surface area contributed by atoms with Crippen molar-refractivity contribution in [3.05, 3.63) is 77.7 Å². The molecule has 6 nitrogen and oxygen atoms in total. The van der Waals surface area contributed by atoms with Crippen molar-refractivity contribution in [1.82, 2.24) is 14.4 Å². The standard InChI is InChI=1S/C31H38N4O2/c1-8-30(3,4)23-13-11-21(24(19-23)31(5,6)9-2)18-28(36)33-25-17-22(12-14-27(25)37-7)26-20-35-16-10-15-32-29(35)34-26/h10-17,19-20H,8-9,18H2,1-7H3,(H,33,36). The molecule has 0 spiro atoms. The number of carbonyl (C=O) groups excluding carboxylic acids is 1. The molecule has 0 aliphatic rings. The Morgan fingerprint density at radius 2 is 1.78 bits per heavy atom. The number of hydrogen-bond acceptors (Lipinski definition) is 4. The highest BCUT2D eigenvalue weighted by Gasteiger charge is 2.26. The van der Waals surface area contributed by atoms with Gasteiger partial charge in [-0.3, -0.25) is 9.20 Å². The third kappa shape index (κ3) is 5.53. The maximum atomic E-state index is 13.3. The molecule has 4 rings (SSSR count). The molecular weight excluding hydrogens is 460 g/mol. The number of imidazole rings is 1. The van der Waals surface area contributed by atoms with Gasteiger partial charge in [0.25, 0.3) is 0 Å². The molecule has 0 bridgehead atoms. The van der Waals surface area contributed by atoms with Crippen molar-refractivity contribution in [3.63, 3.8) is 0 Å². The maximum absolute atomic E-state index is 13.3. The first-order valence-corrected chi connectivity index (χ1v) is 13.0. The van der Waals surface area contributed by atoms with Crippen molar-refractivity contribution in [3.8, 4) is 17.0 Å². The highest BCUT2D eigenvalue weighted by Crippen LogP contribution is 2.36. The molecule has 0 atom stereocenters. The van der Waals surface area contributed by atoms with E-state index in [4.69, 9.17) is 4.74 Å². The molecule has 4 aromatic rings. The first-order chi connectivity index (χ1) is 17.6. The SMILES string of the molecule is CCC(C)(C)c1ccc(CC(=O)Nc2cc(-c3cn4cccnc4n3)ccc2OC)c(C(C)(C)CC)c1. The molecule has 0 fully saturated rings. The molecular formula is C31H38N4O2. The van der Waals surface area contributed by atoms with Crippen molar-refractivity contribution in [2.75, 3.05) is 12.4 Å². The van der Waals surface area contributed by atoms with Crippen molar-refractivity contribution in [1.29, 1.82) is 0 Å². The first kappa shape index (κ1) is 26.4. The van der Waals surface area contributed by atoms with E-state index in [-0.39, 0.29) is 23.2 Å². The zero-order chi connectivity index (χ0) is 26.8. The minimum absolute atomic E-state index is 0.0375. The zero-order valence-electron chi connectivity index (χ0n) is 23.1. The third-order valence-electron chi connectivity index (χ3n) is 7.74. The van der Waals surface area contributed by atoms with Gasteiger partial charge in [0, 0.05) is 24.2 Å². The van der Waals surface area contributed by atoms with Gasteiger partial charge in [-0.1, -0.05) is 59.7 Å². The number of benzene rings is 2. The third-order valence-corrected chi connectivity index (χ3v) is 7.74. The topological polar surface area (TPSA) is 68.5 Å². The number of carbonyl (C=O) groups is 1. The summed E-state index contributed by atoms with van der Waals surface area (Å²) in [5.41, 5.74) is 5.93. The van der Waals surface area contributed by atoms with E-state index in [1.54, 1.807) is 13.3 Å². The van der Waals surface area contributed by atoms with Gasteiger partial charge in [-0.25, -0.2) is 9.97 Å². The van der Waals surface area contributed by atoms with Crippen LogP contribution in [0.2, 0.25) is 0 Å². The monoisotopic (exact) mass is 498 g/mol. The number of fused-ring (bicyclic) bond motifs is 1. The van der Waals surface area contributed by atoms with E-state index in [1.165, 1.54) is 11.1 Å². The Labute approximate surface area is 220 Å². The number of methoxy groups -OCH3 is 1. The number of amides is 1. The molecule has 37 heavy (non-hydrogen) atoms. The van der Waals surface area contributed by atoms with E-state index in [0.29, 0.717) is 17.2 Å². The number of hydrogen-bond donors (Lipinski definition) is 1. The van der Waals surface area contributed by atoms with Crippen LogP contribution in [0.1, 0.15) is 71.1 Å². The van der Waals surface area contributed by atoms with Crippen molar-refractivity contribution in [2.24, 2.45) is 0 Å². The summed E-state index contributed by atoms with van der Waals surface area (Å²) in [6.45, 7) is 13.5. The summed E-state index contributed by atoms with van der Waals surface area (Å²) in [6.07, 6.45) is 7.88. The van der Waals surface area contributed by atoms with Gasteiger partial charge in [-0.15, -0.1) is 0 Å². The van der Waals surface area contributed by atoms with E-state index in [9.17, 15) is 4.79 Å². The van der Waals surface area contributed by atoms with E-state index in [2.05, 4.69) is 75.0 Å². The highest BCUT2D eigenvalue weighted by atomic mass is 16.5. The summed E-state index contributed by atoms with van der Waals surface area (Å²) in [6, 6.07) is 14.2. The minimum atomic E-state index is -0.0808. The van der Waals surface area contributed by atoms with Gasteiger partial charge < -0.3 is 10.1 Å². The van der Waals surface area contributed by atoms with Crippen LogP contribution in [0.25, 0.3) is 17.0 Å². The fourth-order valence-corrected chi connectivity index (χ4v) is 4.48. The number of ether oxygens (including phenoxy) is 1. The Bertz CT molecular complexity index is 1390. The van der Waals surface area contributed by atoms with Gasteiger partial charge in [0.05, 0.1) is 24.9 Å². The van der Waals surface area contributed by atoms with Gasteiger partial charge in [0.1, 0.15) is 5.75 Å². The van der Waals surface area contributed by atoms with Gasteiger partial charge in [-0.05, 0) is 64.6 Å². The fourth-order valence-electron chi connectivity index (χ4n) is 4.48. The Balaban J connectivity index is 1.63. The second-order valence-corrected chi connectivity index (χ2v) is 10.9. The summed E-state index contributed by atoms with van der Waals surface area (Å²) in [5, 5.41) is 3.09. The van der Waals surface area contributed by atoms with Crippen LogP contribution in [0.5, 0.6) is 5.75 Å². The van der Waals surface area contributed by atoms with Gasteiger partial charge in [-0.2, -0.15) is 0 Å². The van der Waals surface area contributed by atoms with Gasteiger partial charge in [0.15, 0.2) is 0 Å². The van der Waals surface area contributed by atoms with Crippen LogP contribution in [0, 0.1) is 0 Å².